The maximum Gasteiger partial charge on any atom is 0.264 e. The van der Waals surface area contributed by atoms with E-state index in [1.54, 1.807) is 37.3 Å². The molecule has 0 fully saturated rings. The van der Waals surface area contributed by atoms with Crippen LogP contribution in [0.2, 0.25) is 5.02 Å². The van der Waals surface area contributed by atoms with Gasteiger partial charge in [0.15, 0.2) is 0 Å². The van der Waals surface area contributed by atoms with Crippen LogP contribution >= 0.6 is 11.6 Å². The molecule has 3 rings (SSSR count). The van der Waals surface area contributed by atoms with Crippen LogP contribution in [0.3, 0.4) is 0 Å². The maximum atomic E-state index is 14.1. The zero-order chi connectivity index (χ0) is 30.2. The molecule has 0 aromatic heterocycles. The van der Waals surface area contributed by atoms with Crippen molar-refractivity contribution < 1.29 is 22.4 Å². The molecule has 3 aromatic carbocycles. The zero-order valence-corrected chi connectivity index (χ0v) is 25.4. The third kappa shape index (κ3) is 8.30. The number of anilines is 1. The van der Waals surface area contributed by atoms with Crippen molar-refractivity contribution in [1.82, 2.24) is 10.2 Å². The Morgan fingerprint density at radius 1 is 0.951 bits per heavy atom. The number of sulfonamides is 1. The van der Waals surface area contributed by atoms with Gasteiger partial charge in [0.1, 0.15) is 18.4 Å². The van der Waals surface area contributed by atoms with Crippen molar-refractivity contribution in [1.29, 1.82) is 0 Å². The monoisotopic (exact) mass is 601 g/mol. The summed E-state index contributed by atoms with van der Waals surface area (Å²) in [5.74, 6) is -1.32. The quantitative estimate of drug-likeness (QED) is 0.243. The van der Waals surface area contributed by atoms with Gasteiger partial charge in [-0.25, -0.2) is 12.8 Å². The van der Waals surface area contributed by atoms with Crippen LogP contribution in [0.15, 0.2) is 71.6 Å². The minimum absolute atomic E-state index is 0.000571. The molecule has 0 unspecified atom stereocenters. The van der Waals surface area contributed by atoms with Gasteiger partial charge in [-0.3, -0.25) is 13.9 Å². The van der Waals surface area contributed by atoms with Gasteiger partial charge in [0.05, 0.1) is 10.6 Å². The number of amides is 2. The number of rotatable bonds is 13. The second-order valence-corrected chi connectivity index (χ2v) is 12.2. The third-order valence-corrected chi connectivity index (χ3v) is 8.98. The first-order chi connectivity index (χ1) is 19.5. The van der Waals surface area contributed by atoms with E-state index in [0.717, 1.165) is 28.3 Å². The minimum Gasteiger partial charge on any atom is -0.354 e. The topological polar surface area (TPSA) is 86.8 Å². The molecule has 3 aromatic rings. The number of carbonyl (C=O) groups is 2. The van der Waals surface area contributed by atoms with Crippen molar-refractivity contribution >= 4 is 39.1 Å². The highest BCUT2D eigenvalue weighted by molar-refractivity contribution is 7.92. The molecular weight excluding hydrogens is 565 g/mol. The summed E-state index contributed by atoms with van der Waals surface area (Å²) in [6, 6.07) is 15.7. The predicted octanol–water partition coefficient (Wildman–Crippen LogP) is 6.01. The lowest BCUT2D eigenvalue weighted by molar-refractivity contribution is -0.140. The number of hydrogen-bond donors (Lipinski definition) is 1. The molecule has 220 valence electrons. The van der Waals surface area contributed by atoms with E-state index in [0.29, 0.717) is 29.2 Å². The molecular formula is C31H37ClFN3O4S. The predicted molar refractivity (Wildman–Crippen MR) is 161 cm³/mol. The van der Waals surface area contributed by atoms with Crippen molar-refractivity contribution in [3.8, 4) is 0 Å². The standard InChI is InChI=1S/C31H37ClFN3O4S/c1-5-7-18-34-31(38)29(6-2)35(20-24-9-13-26(33)14-10-24)30(37)21-36(27-15-8-22(3)23(4)19-27)41(39,40)28-16-11-25(32)12-17-28/h8-17,19,29H,5-7,18,20-21H2,1-4H3,(H,34,38)/t29-/m0/s1. The van der Waals surface area contributed by atoms with E-state index in [2.05, 4.69) is 5.32 Å². The van der Waals surface area contributed by atoms with Crippen LogP contribution in [-0.2, 0) is 26.2 Å². The summed E-state index contributed by atoms with van der Waals surface area (Å²) in [6.45, 7) is 7.49. The Hall–Kier alpha value is -3.43. The van der Waals surface area contributed by atoms with Gasteiger partial charge in [-0.15, -0.1) is 0 Å². The van der Waals surface area contributed by atoms with Crippen LogP contribution in [0, 0.1) is 19.7 Å². The van der Waals surface area contributed by atoms with Crippen LogP contribution in [0.5, 0.6) is 0 Å². The van der Waals surface area contributed by atoms with Crippen molar-refractivity contribution in [3.63, 3.8) is 0 Å². The number of nitrogens with zero attached hydrogens (tertiary/aromatic N) is 2. The number of hydrogen-bond acceptors (Lipinski definition) is 4. The van der Waals surface area contributed by atoms with Crippen molar-refractivity contribution in [2.45, 2.75) is 64.4 Å². The molecule has 0 bridgehead atoms. The number of benzene rings is 3. The third-order valence-electron chi connectivity index (χ3n) is 6.94. The smallest absolute Gasteiger partial charge is 0.264 e. The average molecular weight is 602 g/mol. The fourth-order valence-electron chi connectivity index (χ4n) is 4.36. The molecule has 0 radical (unpaired) electrons. The van der Waals surface area contributed by atoms with E-state index < -0.39 is 34.3 Å². The summed E-state index contributed by atoms with van der Waals surface area (Å²) in [5, 5.41) is 3.27. The number of carbonyl (C=O) groups excluding carboxylic acids is 2. The summed E-state index contributed by atoms with van der Waals surface area (Å²) in [5.41, 5.74) is 2.75. The number of nitrogens with one attached hydrogen (secondary N) is 1. The van der Waals surface area contributed by atoms with Gasteiger partial charge in [-0.2, -0.15) is 0 Å². The summed E-state index contributed by atoms with van der Waals surface area (Å²) >= 11 is 6.00. The first-order valence-corrected chi connectivity index (χ1v) is 15.5. The second kappa shape index (κ2) is 14.5. The van der Waals surface area contributed by atoms with Gasteiger partial charge in [0.25, 0.3) is 10.0 Å². The van der Waals surface area contributed by atoms with Crippen LogP contribution in [0.1, 0.15) is 49.8 Å². The first-order valence-electron chi connectivity index (χ1n) is 13.6. The van der Waals surface area contributed by atoms with Gasteiger partial charge in [0.2, 0.25) is 11.8 Å². The molecule has 0 spiro atoms. The fourth-order valence-corrected chi connectivity index (χ4v) is 5.89. The number of aryl methyl sites for hydroxylation is 2. The van der Waals surface area contributed by atoms with Crippen molar-refractivity contribution in [3.05, 3.63) is 94.3 Å². The van der Waals surface area contributed by atoms with E-state index in [1.807, 2.05) is 20.8 Å². The molecule has 0 heterocycles. The molecule has 1 atom stereocenters. The lowest BCUT2D eigenvalue weighted by Crippen LogP contribution is -2.52. The van der Waals surface area contributed by atoms with Crippen LogP contribution in [0.4, 0.5) is 10.1 Å². The summed E-state index contributed by atoms with van der Waals surface area (Å²) < 4.78 is 42.5. The minimum atomic E-state index is -4.20. The van der Waals surface area contributed by atoms with Gasteiger partial charge < -0.3 is 10.2 Å². The first kappa shape index (κ1) is 32.1. The van der Waals surface area contributed by atoms with E-state index in [1.165, 1.54) is 41.3 Å². The molecule has 0 saturated heterocycles. The molecule has 41 heavy (non-hydrogen) atoms. The van der Waals surface area contributed by atoms with E-state index in [9.17, 15) is 22.4 Å². The van der Waals surface area contributed by atoms with Gasteiger partial charge in [-0.05, 0) is 91.9 Å². The highest BCUT2D eigenvalue weighted by Crippen LogP contribution is 2.27. The molecule has 0 aliphatic heterocycles. The highest BCUT2D eigenvalue weighted by Gasteiger charge is 2.33. The SMILES string of the molecule is CCCCNC(=O)[C@H](CC)N(Cc1ccc(F)cc1)C(=O)CN(c1ccc(C)c(C)c1)S(=O)(=O)c1ccc(Cl)cc1. The molecule has 0 aliphatic carbocycles. The lowest BCUT2D eigenvalue weighted by atomic mass is 10.1. The summed E-state index contributed by atoms with van der Waals surface area (Å²) in [4.78, 5) is 28.6. The average Bonchev–Trinajstić information content (AvgIpc) is 2.94. The Kier molecular flexibility index (Phi) is 11.3. The van der Waals surface area contributed by atoms with E-state index in [4.69, 9.17) is 11.6 Å². The van der Waals surface area contributed by atoms with E-state index in [-0.39, 0.29) is 17.3 Å². The van der Waals surface area contributed by atoms with Gasteiger partial charge >= 0.3 is 0 Å². The Labute approximate surface area is 247 Å². The Morgan fingerprint density at radius 3 is 2.20 bits per heavy atom. The molecule has 0 saturated carbocycles. The van der Waals surface area contributed by atoms with Crippen molar-refractivity contribution in [2.75, 3.05) is 17.4 Å². The van der Waals surface area contributed by atoms with Gasteiger partial charge in [-0.1, -0.05) is 50.1 Å². The second-order valence-electron chi connectivity index (χ2n) is 9.95. The number of unbranched alkanes of at least 4 members (excludes halogenated alkanes) is 1. The van der Waals surface area contributed by atoms with Crippen LogP contribution in [-0.4, -0.2) is 44.3 Å². The maximum absolute atomic E-state index is 14.1. The Bertz CT molecular complexity index is 1450. The van der Waals surface area contributed by atoms with Crippen LogP contribution < -0.4 is 9.62 Å². The zero-order valence-electron chi connectivity index (χ0n) is 23.9. The molecule has 10 heteroatoms. The fraction of sp³-hybridized carbons (Fsp3) is 0.355. The van der Waals surface area contributed by atoms with Crippen LogP contribution in [0.25, 0.3) is 0 Å². The van der Waals surface area contributed by atoms with Crippen molar-refractivity contribution in [2.24, 2.45) is 0 Å². The van der Waals surface area contributed by atoms with Gasteiger partial charge in [0, 0.05) is 18.1 Å². The molecule has 7 nitrogen and oxygen atoms in total. The van der Waals surface area contributed by atoms with E-state index >= 15 is 0 Å². The highest BCUT2D eigenvalue weighted by atomic mass is 35.5. The molecule has 2 amide bonds. The lowest BCUT2D eigenvalue weighted by Gasteiger charge is -2.33. The Balaban J connectivity index is 2.05. The molecule has 0 aliphatic rings. The summed E-state index contributed by atoms with van der Waals surface area (Å²) in [7, 11) is -4.20. The largest absolute Gasteiger partial charge is 0.354 e. The Morgan fingerprint density at radius 2 is 1.61 bits per heavy atom. The number of halogens is 2. The summed E-state index contributed by atoms with van der Waals surface area (Å²) in [6.07, 6.45) is 1.98. The molecule has 1 N–H and O–H groups in total. The normalized spacial score (nSPS) is 12.0.